The minimum absolute atomic E-state index is 0.134. The second kappa shape index (κ2) is 9.14. The van der Waals surface area contributed by atoms with Crippen LogP contribution in [0.5, 0.6) is 5.75 Å². The van der Waals surface area contributed by atoms with Crippen molar-refractivity contribution in [1.82, 2.24) is 29.6 Å². The quantitative estimate of drug-likeness (QED) is 0.404. The number of benzene rings is 1. The highest BCUT2D eigenvalue weighted by atomic mass is 16.5. The van der Waals surface area contributed by atoms with Crippen LogP contribution in [0.3, 0.4) is 0 Å². The first-order valence-corrected chi connectivity index (χ1v) is 11.3. The summed E-state index contributed by atoms with van der Waals surface area (Å²) in [4.78, 5) is 21.5. The molecule has 1 saturated heterocycles. The monoisotopic (exact) mass is 460 g/mol. The van der Waals surface area contributed by atoms with E-state index in [-0.39, 0.29) is 18.4 Å². The van der Waals surface area contributed by atoms with Crippen molar-refractivity contribution in [2.24, 2.45) is 7.05 Å². The van der Waals surface area contributed by atoms with Crippen LogP contribution in [0.1, 0.15) is 24.6 Å². The van der Waals surface area contributed by atoms with E-state index in [4.69, 9.17) is 15.6 Å². The third-order valence-corrected chi connectivity index (χ3v) is 6.31. The van der Waals surface area contributed by atoms with Crippen molar-refractivity contribution in [2.45, 2.75) is 25.3 Å². The van der Waals surface area contributed by atoms with Gasteiger partial charge in [-0.05, 0) is 50.2 Å². The van der Waals surface area contributed by atoms with E-state index in [9.17, 15) is 4.79 Å². The van der Waals surface area contributed by atoms with E-state index in [2.05, 4.69) is 20.6 Å². The number of carbonyl (C=O) groups is 1. The van der Waals surface area contributed by atoms with Gasteiger partial charge in [0.15, 0.2) is 11.4 Å². The molecular weight excluding hydrogens is 432 g/mol. The van der Waals surface area contributed by atoms with Gasteiger partial charge in [0.2, 0.25) is 5.91 Å². The molecule has 0 bridgehead atoms. The highest BCUT2D eigenvalue weighted by molar-refractivity contribution is 6.02. The number of nitrogens with zero attached hydrogens (tertiary/aromatic N) is 5. The number of hydrogen-bond donors (Lipinski definition) is 3. The third kappa shape index (κ3) is 3.96. The molecule has 10 heteroatoms. The molecule has 0 spiro atoms. The van der Waals surface area contributed by atoms with Crippen molar-refractivity contribution in [2.75, 3.05) is 31.2 Å². The van der Waals surface area contributed by atoms with Gasteiger partial charge >= 0.3 is 0 Å². The molecule has 34 heavy (non-hydrogen) atoms. The van der Waals surface area contributed by atoms with Gasteiger partial charge in [-0.2, -0.15) is 5.10 Å². The number of carbonyl (C=O) groups excluding carboxylic acids is 1. The van der Waals surface area contributed by atoms with Gasteiger partial charge in [-0.3, -0.25) is 4.79 Å². The Balaban J connectivity index is 1.56. The number of para-hydroxylation sites is 1. The van der Waals surface area contributed by atoms with Gasteiger partial charge in [0.25, 0.3) is 0 Å². The first-order chi connectivity index (χ1) is 16.6. The number of methoxy groups -OCH3 is 1. The van der Waals surface area contributed by atoms with Gasteiger partial charge in [-0.1, -0.05) is 6.07 Å². The Morgan fingerprint density at radius 1 is 1.24 bits per heavy atom. The molecule has 0 unspecified atom stereocenters. The maximum absolute atomic E-state index is 12.8. The molecule has 1 aliphatic heterocycles. The zero-order valence-electron chi connectivity index (χ0n) is 19.3. The number of ether oxygens (including phenoxy) is 1. The van der Waals surface area contributed by atoms with Crippen LogP contribution in [0.25, 0.3) is 22.3 Å². The summed E-state index contributed by atoms with van der Waals surface area (Å²) in [5.74, 6) is 0.744. The summed E-state index contributed by atoms with van der Waals surface area (Å²) in [6.45, 7) is 1.85. The van der Waals surface area contributed by atoms with Gasteiger partial charge < -0.3 is 25.7 Å². The topological polar surface area (TPSA) is 125 Å². The van der Waals surface area contributed by atoms with Crippen molar-refractivity contribution in [3.63, 3.8) is 0 Å². The van der Waals surface area contributed by atoms with E-state index in [1.54, 1.807) is 7.11 Å². The Morgan fingerprint density at radius 2 is 2.06 bits per heavy atom. The molecular formula is C24H28N8O2. The van der Waals surface area contributed by atoms with Crippen LogP contribution in [-0.4, -0.2) is 50.4 Å². The predicted octanol–water partition coefficient (Wildman–Crippen LogP) is 2.53. The number of nitrogen functional groups attached to an aromatic ring is 1. The molecule has 0 aliphatic carbocycles. The maximum atomic E-state index is 12.8. The summed E-state index contributed by atoms with van der Waals surface area (Å²) >= 11 is 0. The van der Waals surface area contributed by atoms with Crippen molar-refractivity contribution in [1.29, 1.82) is 0 Å². The second-order valence-corrected chi connectivity index (χ2v) is 8.45. The molecule has 0 atom stereocenters. The fraction of sp³-hybridized carbons (Fsp3) is 0.333. The van der Waals surface area contributed by atoms with Crippen molar-refractivity contribution in [3.05, 3.63) is 48.5 Å². The number of hydrogen-bond acceptors (Lipinski definition) is 7. The van der Waals surface area contributed by atoms with Gasteiger partial charge in [0.1, 0.15) is 17.8 Å². The van der Waals surface area contributed by atoms with Crippen molar-refractivity contribution in [3.8, 4) is 17.0 Å². The molecule has 0 saturated carbocycles. The number of anilines is 2. The fourth-order valence-electron chi connectivity index (χ4n) is 4.57. The zero-order chi connectivity index (χ0) is 23.7. The number of rotatable bonds is 6. The van der Waals surface area contributed by atoms with Gasteiger partial charge in [-0.25, -0.2) is 14.6 Å². The molecule has 4 aromatic rings. The molecule has 4 N–H and O–H groups in total. The highest BCUT2D eigenvalue weighted by Gasteiger charge is 2.26. The lowest BCUT2D eigenvalue weighted by Gasteiger charge is -2.23. The van der Waals surface area contributed by atoms with Crippen LogP contribution in [0.15, 0.2) is 42.9 Å². The average molecular weight is 461 g/mol. The van der Waals surface area contributed by atoms with Gasteiger partial charge in [0, 0.05) is 24.5 Å². The highest BCUT2D eigenvalue weighted by Crippen LogP contribution is 2.41. The summed E-state index contributed by atoms with van der Waals surface area (Å²) in [6.07, 6.45) is 5.54. The van der Waals surface area contributed by atoms with E-state index in [0.29, 0.717) is 34.0 Å². The number of piperidine rings is 1. The number of aryl methyl sites for hydroxylation is 1. The molecule has 0 radical (unpaired) electrons. The first kappa shape index (κ1) is 21.9. The van der Waals surface area contributed by atoms with Crippen LogP contribution in [0.4, 0.5) is 11.5 Å². The average Bonchev–Trinajstić information content (AvgIpc) is 3.43. The molecule has 1 aromatic carbocycles. The number of aromatic nitrogens is 5. The molecule has 1 fully saturated rings. The Hall–Kier alpha value is -3.92. The summed E-state index contributed by atoms with van der Waals surface area (Å²) < 4.78 is 9.66. The standard InChI is InChI=1S/C24H28N8O2/c1-31-12-4-5-16(31)13-19(33)29-18-7-3-6-17(22(18)34-2)21-20-23(25)27-14-28-24(20)32(30-21)15-8-10-26-11-9-15/h3-7,12,14-15,26H,8-11,13H2,1-2H3,(H,29,33)(H2,25,27,28). The van der Waals surface area contributed by atoms with E-state index in [0.717, 1.165) is 37.2 Å². The van der Waals surface area contributed by atoms with Crippen LogP contribution < -0.4 is 21.1 Å². The van der Waals surface area contributed by atoms with Crippen LogP contribution >= 0.6 is 0 Å². The van der Waals surface area contributed by atoms with Crippen LogP contribution in [-0.2, 0) is 18.3 Å². The predicted molar refractivity (Wildman–Crippen MR) is 131 cm³/mol. The van der Waals surface area contributed by atoms with Gasteiger partial charge in [0.05, 0.1) is 30.6 Å². The lowest BCUT2D eigenvalue weighted by Crippen LogP contribution is -2.30. The summed E-state index contributed by atoms with van der Waals surface area (Å²) in [5.41, 5.74) is 9.86. The molecule has 4 heterocycles. The molecule has 3 aromatic heterocycles. The molecule has 10 nitrogen and oxygen atoms in total. The minimum Gasteiger partial charge on any atom is -0.494 e. The fourth-order valence-corrected chi connectivity index (χ4v) is 4.57. The number of fused-ring (bicyclic) bond motifs is 1. The number of nitrogens with two attached hydrogens (primary N) is 1. The molecule has 1 aliphatic rings. The molecule has 5 rings (SSSR count). The minimum atomic E-state index is -0.134. The van der Waals surface area contributed by atoms with Crippen LogP contribution in [0, 0.1) is 0 Å². The van der Waals surface area contributed by atoms with Gasteiger partial charge in [-0.15, -0.1) is 0 Å². The van der Waals surface area contributed by atoms with E-state index in [1.165, 1.54) is 6.33 Å². The Morgan fingerprint density at radius 3 is 2.79 bits per heavy atom. The molecule has 176 valence electrons. The van der Waals surface area contributed by atoms with Crippen molar-refractivity contribution < 1.29 is 9.53 Å². The third-order valence-electron chi connectivity index (χ3n) is 6.31. The zero-order valence-corrected chi connectivity index (χ0v) is 19.3. The number of amides is 1. The lowest BCUT2D eigenvalue weighted by molar-refractivity contribution is -0.115. The second-order valence-electron chi connectivity index (χ2n) is 8.45. The first-order valence-electron chi connectivity index (χ1n) is 11.3. The van der Waals surface area contributed by atoms with Crippen LogP contribution in [0.2, 0.25) is 0 Å². The summed E-state index contributed by atoms with van der Waals surface area (Å²) in [7, 11) is 3.50. The maximum Gasteiger partial charge on any atom is 0.230 e. The van der Waals surface area contributed by atoms with Crippen molar-refractivity contribution >= 4 is 28.4 Å². The normalized spacial score (nSPS) is 14.4. The van der Waals surface area contributed by atoms with E-state index >= 15 is 0 Å². The Kier molecular flexibility index (Phi) is 5.89. The van der Waals surface area contributed by atoms with E-state index in [1.807, 2.05) is 52.8 Å². The largest absolute Gasteiger partial charge is 0.494 e. The lowest BCUT2D eigenvalue weighted by atomic mass is 10.1. The summed E-state index contributed by atoms with van der Waals surface area (Å²) in [5, 5.41) is 12.0. The molecule has 1 amide bonds. The number of nitrogens with one attached hydrogen (secondary N) is 2. The van der Waals surface area contributed by atoms with E-state index < -0.39 is 0 Å². The Labute approximate surface area is 197 Å². The Bertz CT molecular complexity index is 1340. The summed E-state index contributed by atoms with van der Waals surface area (Å²) in [6, 6.07) is 9.65. The smallest absolute Gasteiger partial charge is 0.230 e. The SMILES string of the molecule is COc1c(NC(=O)Cc2cccn2C)cccc1-c1nn(C2CCNCC2)c2ncnc(N)c12.